The van der Waals surface area contributed by atoms with Crippen molar-refractivity contribution in [3.8, 4) is 5.75 Å². The average Bonchev–Trinajstić information content (AvgIpc) is 3.04. The number of nitrogens with zero attached hydrogens (tertiary/aromatic N) is 2. The van der Waals surface area contributed by atoms with Crippen molar-refractivity contribution >= 4 is 33.2 Å². The monoisotopic (exact) mass is 527 g/mol. The first kappa shape index (κ1) is 25.6. The molecule has 1 N–H and O–H groups in total. The summed E-state index contributed by atoms with van der Waals surface area (Å²) in [6, 6.07) is 7.43. The lowest BCUT2D eigenvalue weighted by atomic mass is 9.96. The van der Waals surface area contributed by atoms with Crippen LogP contribution in [0.25, 0.3) is 0 Å². The fourth-order valence-electron chi connectivity index (χ4n) is 4.88. The van der Waals surface area contributed by atoms with E-state index in [2.05, 4.69) is 15.2 Å². The van der Waals surface area contributed by atoms with E-state index in [1.165, 1.54) is 18.3 Å². The second kappa shape index (κ2) is 9.54. The Morgan fingerprint density at radius 2 is 1.86 bits per heavy atom. The Hall–Kier alpha value is -2.46. The van der Waals surface area contributed by atoms with Crippen LogP contribution in [-0.2, 0) is 14.6 Å². The third kappa shape index (κ3) is 5.53. The van der Waals surface area contributed by atoms with Crippen molar-refractivity contribution in [2.75, 3.05) is 11.2 Å². The highest BCUT2D eigenvalue weighted by Gasteiger charge is 2.43. The molecule has 3 atom stereocenters. The highest BCUT2D eigenvalue weighted by Crippen LogP contribution is 2.39. The van der Waals surface area contributed by atoms with E-state index in [0.717, 1.165) is 31.0 Å². The largest absolute Gasteiger partial charge is 0.478 e. The van der Waals surface area contributed by atoms with Crippen LogP contribution in [0.4, 0.5) is 14.6 Å². The number of benzene rings is 1. The van der Waals surface area contributed by atoms with Crippen LogP contribution >= 0.6 is 11.6 Å². The Balaban J connectivity index is 1.42. The first-order valence-corrected chi connectivity index (χ1v) is 13.6. The first-order chi connectivity index (χ1) is 16.3. The Morgan fingerprint density at radius 1 is 1.20 bits per heavy atom. The van der Waals surface area contributed by atoms with Crippen LogP contribution in [0.2, 0.25) is 5.02 Å². The van der Waals surface area contributed by atoms with Crippen LogP contribution in [0, 0.1) is 0 Å². The zero-order valence-electron chi connectivity index (χ0n) is 19.7. The maximum Gasteiger partial charge on any atom is 0.267 e. The summed E-state index contributed by atoms with van der Waals surface area (Å²) in [6.07, 6.45) is 3.00. The van der Waals surface area contributed by atoms with Gasteiger partial charge in [0.15, 0.2) is 15.4 Å². The van der Waals surface area contributed by atoms with Gasteiger partial charge in [-0.2, -0.15) is 0 Å². The van der Waals surface area contributed by atoms with Gasteiger partial charge < -0.3 is 15.0 Å². The normalized spacial score (nSPS) is 22.4. The second-order valence-electron chi connectivity index (χ2n) is 9.65. The molecule has 2 aliphatic rings. The summed E-state index contributed by atoms with van der Waals surface area (Å²) in [7, 11) is -3.32. The molecule has 2 fully saturated rings. The maximum atomic E-state index is 13.4. The molecule has 11 heteroatoms. The molecule has 7 nitrogen and oxygen atoms in total. The number of ether oxygens (including phenoxy) is 1. The number of halogens is 3. The SMILES string of the molecule is CC(C)(Oc1ccc(Cl)cc1C(F)F)C(=O)N[C@H]1C[C@H]2CC[C@@H](C1)N2c1ccc(S(C)(=O)=O)cn1. The van der Waals surface area contributed by atoms with E-state index in [4.69, 9.17) is 16.3 Å². The highest BCUT2D eigenvalue weighted by atomic mass is 35.5. The molecular formula is C24H28ClF2N3O4S. The van der Waals surface area contributed by atoms with E-state index in [-0.39, 0.29) is 45.3 Å². The van der Waals surface area contributed by atoms with Gasteiger partial charge in [0.25, 0.3) is 12.3 Å². The Morgan fingerprint density at radius 3 is 2.40 bits per heavy atom. The smallest absolute Gasteiger partial charge is 0.267 e. The number of rotatable bonds is 7. The van der Waals surface area contributed by atoms with Gasteiger partial charge in [0.2, 0.25) is 0 Å². The molecule has 1 amide bonds. The van der Waals surface area contributed by atoms with Gasteiger partial charge in [-0.05, 0) is 69.9 Å². The molecule has 190 valence electrons. The molecule has 1 aromatic heterocycles. The fourth-order valence-corrected chi connectivity index (χ4v) is 5.62. The Kier molecular flexibility index (Phi) is 6.98. The van der Waals surface area contributed by atoms with Gasteiger partial charge in [-0.1, -0.05) is 11.6 Å². The standard InChI is InChI=1S/C24H28ClF2N3O4S/c1-24(2,34-20-8-4-14(25)10-19(20)22(26)27)23(31)29-15-11-16-5-6-17(12-15)30(16)21-9-7-18(13-28-21)35(3,32)33/h4,7-10,13,15-17,22H,5-6,11-12H2,1-3H3,(H,29,31)/t15-,16+,17-. The number of nitrogens with one attached hydrogen (secondary N) is 1. The number of amides is 1. The molecule has 2 aromatic rings. The van der Waals surface area contributed by atoms with E-state index in [9.17, 15) is 22.0 Å². The fraction of sp³-hybridized carbons (Fsp3) is 0.500. The molecule has 2 bridgehead atoms. The van der Waals surface area contributed by atoms with E-state index in [0.29, 0.717) is 12.8 Å². The van der Waals surface area contributed by atoms with Crippen molar-refractivity contribution < 1.29 is 26.7 Å². The second-order valence-corrected chi connectivity index (χ2v) is 12.1. The number of fused-ring (bicyclic) bond motifs is 2. The average molecular weight is 528 g/mol. The van der Waals surface area contributed by atoms with Gasteiger partial charge >= 0.3 is 0 Å². The zero-order valence-corrected chi connectivity index (χ0v) is 21.2. The number of aromatic nitrogens is 1. The summed E-state index contributed by atoms with van der Waals surface area (Å²) in [5, 5.41) is 3.20. The molecule has 1 aromatic carbocycles. The van der Waals surface area contributed by atoms with Crippen LogP contribution in [0.15, 0.2) is 41.4 Å². The molecule has 2 aliphatic heterocycles. The van der Waals surface area contributed by atoms with Crippen LogP contribution in [0.3, 0.4) is 0 Å². The number of anilines is 1. The summed E-state index contributed by atoms with van der Waals surface area (Å²) in [6.45, 7) is 3.09. The third-order valence-electron chi connectivity index (χ3n) is 6.60. The van der Waals surface area contributed by atoms with Gasteiger partial charge in [-0.3, -0.25) is 4.79 Å². The summed E-state index contributed by atoms with van der Waals surface area (Å²) < 4.78 is 56.0. The minimum atomic E-state index is -3.32. The van der Waals surface area contributed by atoms with Gasteiger partial charge in [0.1, 0.15) is 11.6 Å². The Bertz CT molecular complexity index is 1190. The molecule has 0 unspecified atom stereocenters. The number of carbonyl (C=O) groups excluding carboxylic acids is 1. The van der Waals surface area contributed by atoms with Crippen molar-refractivity contribution in [1.29, 1.82) is 0 Å². The zero-order chi connectivity index (χ0) is 25.5. The minimum Gasteiger partial charge on any atom is -0.478 e. The molecule has 2 saturated heterocycles. The lowest BCUT2D eigenvalue weighted by molar-refractivity contribution is -0.135. The summed E-state index contributed by atoms with van der Waals surface area (Å²) in [5.41, 5.74) is -1.74. The van der Waals surface area contributed by atoms with E-state index >= 15 is 0 Å². The van der Waals surface area contributed by atoms with Crippen molar-refractivity contribution in [2.24, 2.45) is 0 Å². The van der Waals surface area contributed by atoms with Crippen molar-refractivity contribution in [3.05, 3.63) is 47.1 Å². The quantitative estimate of drug-likeness (QED) is 0.568. The van der Waals surface area contributed by atoms with Crippen molar-refractivity contribution in [1.82, 2.24) is 10.3 Å². The molecule has 4 rings (SSSR count). The lowest BCUT2D eigenvalue weighted by Crippen LogP contribution is -2.55. The van der Waals surface area contributed by atoms with Crippen molar-refractivity contribution in [3.63, 3.8) is 0 Å². The van der Waals surface area contributed by atoms with E-state index in [1.807, 2.05) is 0 Å². The number of pyridine rings is 1. The topological polar surface area (TPSA) is 88.6 Å². The third-order valence-corrected chi connectivity index (χ3v) is 7.93. The number of carbonyl (C=O) groups is 1. The van der Waals surface area contributed by atoms with Crippen LogP contribution in [0.5, 0.6) is 5.75 Å². The number of piperidine rings is 1. The van der Waals surface area contributed by atoms with Gasteiger partial charge in [-0.15, -0.1) is 0 Å². The maximum absolute atomic E-state index is 13.4. The molecule has 3 heterocycles. The first-order valence-electron chi connectivity index (χ1n) is 11.4. The van der Waals surface area contributed by atoms with Crippen molar-refractivity contribution in [2.45, 2.75) is 74.6 Å². The van der Waals surface area contributed by atoms with E-state index < -0.39 is 21.9 Å². The van der Waals surface area contributed by atoms with Gasteiger partial charge in [0, 0.05) is 35.6 Å². The summed E-state index contributed by atoms with van der Waals surface area (Å²) in [4.78, 5) is 19.8. The number of alkyl halides is 2. The predicted octanol–water partition coefficient (Wildman–Crippen LogP) is 4.55. The van der Waals surface area contributed by atoms with Gasteiger partial charge in [-0.25, -0.2) is 22.2 Å². The van der Waals surface area contributed by atoms with Crippen LogP contribution in [0.1, 0.15) is 51.5 Å². The van der Waals surface area contributed by atoms with E-state index in [1.54, 1.807) is 26.0 Å². The summed E-state index contributed by atoms with van der Waals surface area (Å²) in [5.74, 6) is 0.254. The van der Waals surface area contributed by atoms with Gasteiger partial charge in [0.05, 0.1) is 10.5 Å². The molecule has 0 spiro atoms. The molecular weight excluding hydrogens is 500 g/mol. The molecule has 35 heavy (non-hydrogen) atoms. The minimum absolute atomic E-state index is 0.0805. The predicted molar refractivity (Wildman–Crippen MR) is 129 cm³/mol. The summed E-state index contributed by atoms with van der Waals surface area (Å²) >= 11 is 5.84. The number of sulfone groups is 1. The Labute approximate surface area is 208 Å². The number of hydrogen-bond acceptors (Lipinski definition) is 6. The highest BCUT2D eigenvalue weighted by molar-refractivity contribution is 7.90. The van der Waals surface area contributed by atoms with Crippen LogP contribution in [-0.4, -0.2) is 49.3 Å². The molecule has 0 aliphatic carbocycles. The molecule has 0 radical (unpaired) electrons. The van der Waals surface area contributed by atoms with Crippen LogP contribution < -0.4 is 15.0 Å². The molecule has 0 saturated carbocycles. The number of hydrogen-bond donors (Lipinski definition) is 1. The lowest BCUT2D eigenvalue weighted by Gasteiger charge is -2.41.